The molecule has 35 heavy (non-hydrogen) atoms. The largest absolute Gasteiger partial charge is 0.497 e. The summed E-state index contributed by atoms with van der Waals surface area (Å²) in [5.41, 5.74) is 4.78. The van der Waals surface area contributed by atoms with Crippen molar-refractivity contribution in [2.45, 2.75) is 12.1 Å². The van der Waals surface area contributed by atoms with Gasteiger partial charge in [-0.3, -0.25) is 0 Å². The Bertz CT molecular complexity index is 1470. The first-order valence-electron chi connectivity index (χ1n) is 10.9. The van der Waals surface area contributed by atoms with E-state index >= 15 is 0 Å². The average Bonchev–Trinajstić information content (AvgIpc) is 3.35. The number of fused-ring (bicyclic) bond motifs is 3. The minimum absolute atomic E-state index is 0.287. The number of hydrogen-bond donors (Lipinski definition) is 1. The molecule has 2 aliphatic heterocycles. The lowest BCUT2D eigenvalue weighted by Gasteiger charge is -2.39. The Balaban J connectivity index is 1.60. The molecule has 4 aromatic rings. The summed E-state index contributed by atoms with van der Waals surface area (Å²) >= 11 is 10.0. The first-order chi connectivity index (χ1) is 17.1. The highest BCUT2D eigenvalue weighted by Crippen LogP contribution is 2.51. The van der Waals surface area contributed by atoms with E-state index in [-0.39, 0.29) is 12.1 Å². The Kier molecular flexibility index (Phi) is 5.42. The third kappa shape index (κ3) is 3.64. The van der Waals surface area contributed by atoms with Crippen molar-refractivity contribution in [1.82, 2.24) is 14.8 Å². The molecule has 0 unspecified atom stereocenters. The fourth-order valence-electron chi connectivity index (χ4n) is 4.67. The Labute approximate surface area is 215 Å². The molecule has 7 nitrogen and oxygen atoms in total. The second-order valence-electron chi connectivity index (χ2n) is 8.19. The molecule has 0 radical (unpaired) electrons. The van der Waals surface area contributed by atoms with E-state index < -0.39 is 0 Å². The van der Waals surface area contributed by atoms with Crippen LogP contribution in [0.4, 0.5) is 5.95 Å². The minimum Gasteiger partial charge on any atom is -0.497 e. The minimum atomic E-state index is -0.389. The third-order valence-electron chi connectivity index (χ3n) is 6.29. The second-order valence-corrected chi connectivity index (χ2v) is 9.48. The van der Waals surface area contributed by atoms with Gasteiger partial charge >= 0.3 is 0 Å². The fourth-order valence-corrected chi connectivity index (χ4v) is 5.40. The highest BCUT2D eigenvalue weighted by molar-refractivity contribution is 9.10. The first-order valence-corrected chi connectivity index (χ1v) is 12.1. The van der Waals surface area contributed by atoms with Crippen LogP contribution in [0, 0.1) is 0 Å². The normalized spacial score (nSPS) is 18.1. The highest BCUT2D eigenvalue weighted by Gasteiger charge is 2.41. The number of aromatic nitrogens is 3. The Morgan fingerprint density at radius 2 is 1.80 bits per heavy atom. The van der Waals surface area contributed by atoms with Crippen LogP contribution in [0.5, 0.6) is 17.2 Å². The number of nitrogens with one attached hydrogen (secondary N) is 1. The van der Waals surface area contributed by atoms with E-state index in [1.54, 1.807) is 20.5 Å². The zero-order valence-electron chi connectivity index (χ0n) is 18.8. The van der Waals surface area contributed by atoms with Crippen molar-refractivity contribution in [3.63, 3.8) is 0 Å². The zero-order chi connectivity index (χ0) is 24.1. The molecule has 176 valence electrons. The maximum Gasteiger partial charge on any atom is 0.226 e. The van der Waals surface area contributed by atoms with Crippen LogP contribution in [0.15, 0.2) is 77.0 Å². The van der Waals surface area contributed by atoms with Crippen LogP contribution >= 0.6 is 27.5 Å². The summed E-state index contributed by atoms with van der Waals surface area (Å²) in [7, 11) is 3.30. The van der Waals surface area contributed by atoms with Crippen LogP contribution in [0.1, 0.15) is 28.8 Å². The molecular weight excluding hydrogens is 532 g/mol. The number of ether oxygens (including phenoxy) is 3. The standard InChI is InChI=1S/C26H20BrClN4O3/c1-33-17-7-3-14(4-8-17)25-22-23(18-12-16(28)6-10-20(18)35-25)31-26-29-13-30-32(26)24(22)15-5-9-21(34-2)19(27)11-15/h3-13,24-25H,1-2H3,(H,29,30,31)/t24-,25-/m0/s1. The van der Waals surface area contributed by atoms with Crippen LogP contribution in [0.25, 0.3) is 5.70 Å². The van der Waals surface area contributed by atoms with Crippen molar-refractivity contribution in [2.24, 2.45) is 0 Å². The van der Waals surface area contributed by atoms with Crippen molar-refractivity contribution in [2.75, 3.05) is 19.5 Å². The first kappa shape index (κ1) is 22.0. The van der Waals surface area contributed by atoms with Gasteiger partial charge in [-0.1, -0.05) is 29.8 Å². The van der Waals surface area contributed by atoms with Gasteiger partial charge in [-0.05, 0) is 69.5 Å². The predicted molar refractivity (Wildman–Crippen MR) is 137 cm³/mol. The molecule has 2 atom stereocenters. The van der Waals surface area contributed by atoms with Crippen molar-refractivity contribution in [1.29, 1.82) is 0 Å². The second kappa shape index (κ2) is 8.62. The summed E-state index contributed by atoms with van der Waals surface area (Å²) in [6.07, 6.45) is 1.16. The lowest BCUT2D eigenvalue weighted by molar-refractivity contribution is 0.223. The van der Waals surface area contributed by atoms with E-state index in [1.807, 2.05) is 65.3 Å². The van der Waals surface area contributed by atoms with Gasteiger partial charge in [0.1, 0.15) is 35.7 Å². The Morgan fingerprint density at radius 1 is 1.00 bits per heavy atom. The van der Waals surface area contributed by atoms with E-state index in [1.165, 1.54) is 0 Å². The monoisotopic (exact) mass is 550 g/mol. The van der Waals surface area contributed by atoms with Gasteiger partial charge in [-0.2, -0.15) is 10.1 Å². The van der Waals surface area contributed by atoms with Gasteiger partial charge in [0.25, 0.3) is 0 Å². The van der Waals surface area contributed by atoms with Crippen molar-refractivity contribution >= 4 is 39.2 Å². The highest BCUT2D eigenvalue weighted by atomic mass is 79.9. The number of halogens is 2. The zero-order valence-corrected chi connectivity index (χ0v) is 21.2. The fraction of sp³-hybridized carbons (Fsp3) is 0.154. The molecular formula is C26H20BrClN4O3. The quantitative estimate of drug-likeness (QED) is 0.322. The molecule has 6 rings (SSSR count). The van der Waals surface area contributed by atoms with Crippen molar-refractivity contribution in [3.05, 3.63) is 98.7 Å². The lowest BCUT2D eigenvalue weighted by Crippen LogP contribution is -2.32. The van der Waals surface area contributed by atoms with Gasteiger partial charge in [-0.15, -0.1) is 0 Å². The smallest absolute Gasteiger partial charge is 0.226 e. The van der Waals surface area contributed by atoms with E-state index in [0.29, 0.717) is 11.0 Å². The Morgan fingerprint density at radius 3 is 2.54 bits per heavy atom. The molecule has 0 fully saturated rings. The summed E-state index contributed by atoms with van der Waals surface area (Å²) in [5.74, 6) is 2.91. The van der Waals surface area contributed by atoms with Gasteiger partial charge in [0, 0.05) is 16.2 Å². The number of hydrogen-bond acceptors (Lipinski definition) is 6. The number of benzene rings is 3. The SMILES string of the molecule is COc1ccc([C@@H]2Oc3ccc(Cl)cc3C3=C2[C@H](c2ccc(OC)c(Br)c2)n2ncnc2N3)cc1. The van der Waals surface area contributed by atoms with Crippen LogP contribution in [0.3, 0.4) is 0 Å². The summed E-state index contributed by atoms with van der Waals surface area (Å²) in [6.45, 7) is 0. The summed E-state index contributed by atoms with van der Waals surface area (Å²) in [5, 5.41) is 8.68. The molecule has 0 aliphatic carbocycles. The summed E-state index contributed by atoms with van der Waals surface area (Å²) < 4.78 is 20.2. The molecule has 0 saturated heterocycles. The van der Waals surface area contributed by atoms with Crippen LogP contribution < -0.4 is 19.5 Å². The van der Waals surface area contributed by atoms with E-state index in [0.717, 1.165) is 49.7 Å². The van der Waals surface area contributed by atoms with E-state index in [2.05, 4.69) is 31.3 Å². The number of rotatable bonds is 4. The van der Waals surface area contributed by atoms with Crippen LogP contribution in [-0.4, -0.2) is 29.0 Å². The molecule has 0 amide bonds. The third-order valence-corrected chi connectivity index (χ3v) is 7.14. The molecule has 0 bridgehead atoms. The summed E-state index contributed by atoms with van der Waals surface area (Å²) in [6, 6.07) is 19.3. The van der Waals surface area contributed by atoms with Gasteiger partial charge in [0.15, 0.2) is 0 Å². The predicted octanol–water partition coefficient (Wildman–Crippen LogP) is 6.27. The number of methoxy groups -OCH3 is 2. The van der Waals surface area contributed by atoms with Crippen LogP contribution in [-0.2, 0) is 0 Å². The van der Waals surface area contributed by atoms with Gasteiger partial charge < -0.3 is 19.5 Å². The average molecular weight is 552 g/mol. The molecule has 1 N–H and O–H groups in total. The topological polar surface area (TPSA) is 70.4 Å². The molecule has 3 aromatic carbocycles. The molecule has 0 saturated carbocycles. The molecule has 3 heterocycles. The summed E-state index contributed by atoms with van der Waals surface area (Å²) in [4.78, 5) is 4.48. The number of nitrogens with zero attached hydrogens (tertiary/aromatic N) is 3. The lowest BCUT2D eigenvalue weighted by atomic mass is 9.84. The van der Waals surface area contributed by atoms with Gasteiger partial charge in [0.2, 0.25) is 5.95 Å². The molecule has 0 spiro atoms. The molecule has 9 heteroatoms. The number of anilines is 1. The van der Waals surface area contributed by atoms with Crippen LogP contribution in [0.2, 0.25) is 5.02 Å². The van der Waals surface area contributed by atoms with E-state index in [9.17, 15) is 0 Å². The van der Waals surface area contributed by atoms with Gasteiger partial charge in [0.05, 0.1) is 24.4 Å². The molecule has 1 aromatic heterocycles. The maximum atomic E-state index is 6.64. The van der Waals surface area contributed by atoms with E-state index in [4.69, 9.17) is 25.8 Å². The Hall–Kier alpha value is -3.49. The van der Waals surface area contributed by atoms with Crippen molar-refractivity contribution < 1.29 is 14.2 Å². The van der Waals surface area contributed by atoms with Crippen molar-refractivity contribution in [3.8, 4) is 17.2 Å². The molecule has 2 aliphatic rings. The maximum absolute atomic E-state index is 6.64. The van der Waals surface area contributed by atoms with Gasteiger partial charge in [-0.25, -0.2) is 4.68 Å².